The Kier molecular flexibility index (Phi) is 3.13. The third-order valence-corrected chi connectivity index (χ3v) is 2.09. The zero-order chi connectivity index (χ0) is 12.6. The van der Waals surface area contributed by atoms with Crippen molar-refractivity contribution in [2.24, 2.45) is 0 Å². The van der Waals surface area contributed by atoms with Gasteiger partial charge in [-0.1, -0.05) is 5.92 Å². The molecule has 3 nitrogen and oxygen atoms in total. The molecule has 1 heterocycles. The highest BCUT2D eigenvalue weighted by Gasteiger charge is 2.47. The van der Waals surface area contributed by atoms with Gasteiger partial charge in [0.2, 0.25) is 0 Å². The van der Waals surface area contributed by atoms with Crippen molar-refractivity contribution in [1.29, 1.82) is 0 Å². The molecule has 5 heteroatoms. The molecule has 0 bridgehead atoms. The molecule has 1 aliphatic heterocycles. The zero-order valence-electron chi connectivity index (χ0n) is 9.59. The molecule has 0 aromatic heterocycles. The lowest BCUT2D eigenvalue weighted by Gasteiger charge is -2.26. The van der Waals surface area contributed by atoms with E-state index in [-0.39, 0.29) is 0 Å². The van der Waals surface area contributed by atoms with Gasteiger partial charge in [0.25, 0.3) is 5.92 Å². The number of carbonyl (C=O) groups excluding carboxylic acids is 1. The van der Waals surface area contributed by atoms with Crippen molar-refractivity contribution in [2.75, 3.05) is 6.54 Å². The van der Waals surface area contributed by atoms with E-state index in [0.717, 1.165) is 4.90 Å². The van der Waals surface area contributed by atoms with Crippen LogP contribution in [0.4, 0.5) is 13.6 Å². The van der Waals surface area contributed by atoms with Crippen LogP contribution >= 0.6 is 0 Å². The fourth-order valence-electron chi connectivity index (χ4n) is 1.48. The molecule has 0 aromatic carbocycles. The maximum absolute atomic E-state index is 13.1. The fraction of sp³-hybridized carbons (Fsp3) is 0.727. The molecule has 1 saturated heterocycles. The van der Waals surface area contributed by atoms with Crippen molar-refractivity contribution in [3.05, 3.63) is 0 Å². The summed E-state index contributed by atoms with van der Waals surface area (Å²) in [6.07, 6.45) is 3.83. The molecular formula is C11H15F2NO2. The van der Waals surface area contributed by atoms with E-state index in [1.807, 2.05) is 0 Å². The van der Waals surface area contributed by atoms with Crippen molar-refractivity contribution in [3.63, 3.8) is 0 Å². The quantitative estimate of drug-likeness (QED) is 0.598. The zero-order valence-corrected chi connectivity index (χ0v) is 9.59. The van der Waals surface area contributed by atoms with Crippen molar-refractivity contribution < 1.29 is 18.3 Å². The number of carbonyl (C=O) groups is 1. The summed E-state index contributed by atoms with van der Waals surface area (Å²) < 4.78 is 31.2. The number of amides is 1. The van der Waals surface area contributed by atoms with Gasteiger partial charge in [0, 0.05) is 6.42 Å². The predicted octanol–water partition coefficient (Wildman–Crippen LogP) is 2.26. The van der Waals surface area contributed by atoms with Gasteiger partial charge in [0.05, 0.1) is 6.54 Å². The SMILES string of the molecule is C#CC1CC(F)(F)CN1C(=O)OC(C)(C)C. The Labute approximate surface area is 93.7 Å². The van der Waals surface area contributed by atoms with E-state index < -0.39 is 36.6 Å². The summed E-state index contributed by atoms with van der Waals surface area (Å²) in [6, 6.07) is -0.884. The second-order valence-corrected chi connectivity index (χ2v) is 4.85. The smallest absolute Gasteiger partial charge is 0.411 e. The van der Waals surface area contributed by atoms with E-state index in [2.05, 4.69) is 5.92 Å². The van der Waals surface area contributed by atoms with E-state index in [9.17, 15) is 13.6 Å². The Morgan fingerprint density at radius 2 is 2.12 bits per heavy atom. The highest BCUT2D eigenvalue weighted by atomic mass is 19.3. The van der Waals surface area contributed by atoms with Crippen molar-refractivity contribution in [3.8, 4) is 12.3 Å². The Morgan fingerprint density at radius 1 is 1.56 bits per heavy atom. The van der Waals surface area contributed by atoms with Crippen molar-refractivity contribution in [2.45, 2.75) is 44.8 Å². The van der Waals surface area contributed by atoms with Gasteiger partial charge in [-0.2, -0.15) is 0 Å². The average Bonchev–Trinajstić information content (AvgIpc) is 2.38. The minimum absolute atomic E-state index is 0.497. The van der Waals surface area contributed by atoms with Crippen molar-refractivity contribution >= 4 is 6.09 Å². The topological polar surface area (TPSA) is 29.5 Å². The minimum atomic E-state index is -2.92. The summed E-state index contributed by atoms with van der Waals surface area (Å²) in [7, 11) is 0. The molecule has 1 aliphatic rings. The Hall–Kier alpha value is -1.31. The van der Waals surface area contributed by atoms with Gasteiger partial charge in [0.1, 0.15) is 11.6 Å². The van der Waals surface area contributed by atoms with E-state index >= 15 is 0 Å². The fourth-order valence-corrected chi connectivity index (χ4v) is 1.48. The van der Waals surface area contributed by atoms with E-state index in [0.29, 0.717) is 0 Å². The molecular weight excluding hydrogens is 216 g/mol. The number of terminal acetylenes is 1. The van der Waals surface area contributed by atoms with Crippen LogP contribution in [0.5, 0.6) is 0 Å². The maximum atomic E-state index is 13.1. The van der Waals surface area contributed by atoms with E-state index in [4.69, 9.17) is 11.2 Å². The predicted molar refractivity (Wildman–Crippen MR) is 55.1 cm³/mol. The van der Waals surface area contributed by atoms with Gasteiger partial charge in [-0.05, 0) is 20.8 Å². The molecule has 1 fully saturated rings. The van der Waals surface area contributed by atoms with Crippen LogP contribution < -0.4 is 0 Å². The second-order valence-electron chi connectivity index (χ2n) is 4.85. The molecule has 0 saturated carbocycles. The van der Waals surface area contributed by atoms with Crippen LogP contribution in [0.3, 0.4) is 0 Å². The molecule has 0 spiro atoms. The first-order valence-electron chi connectivity index (χ1n) is 4.98. The lowest BCUT2D eigenvalue weighted by molar-refractivity contribution is -0.00213. The molecule has 1 rings (SSSR count). The molecule has 0 aliphatic carbocycles. The summed E-state index contributed by atoms with van der Waals surface area (Å²) in [6.45, 7) is 4.34. The summed E-state index contributed by atoms with van der Waals surface area (Å²) in [5, 5.41) is 0. The summed E-state index contributed by atoms with van der Waals surface area (Å²) >= 11 is 0. The number of ether oxygens (including phenoxy) is 1. The number of rotatable bonds is 0. The first kappa shape index (κ1) is 12.8. The highest BCUT2D eigenvalue weighted by molar-refractivity contribution is 5.69. The Bertz CT molecular complexity index is 328. The Morgan fingerprint density at radius 3 is 2.56 bits per heavy atom. The number of likely N-dealkylation sites (tertiary alicyclic amines) is 1. The third-order valence-electron chi connectivity index (χ3n) is 2.09. The van der Waals surface area contributed by atoms with E-state index in [1.54, 1.807) is 20.8 Å². The summed E-state index contributed by atoms with van der Waals surface area (Å²) in [4.78, 5) is 12.5. The summed E-state index contributed by atoms with van der Waals surface area (Å²) in [5.41, 5.74) is -0.714. The highest BCUT2D eigenvalue weighted by Crippen LogP contribution is 2.32. The molecule has 90 valence electrons. The number of hydrogen-bond donors (Lipinski definition) is 0. The van der Waals surface area contributed by atoms with Gasteiger partial charge in [-0.3, -0.25) is 4.90 Å². The molecule has 0 radical (unpaired) electrons. The molecule has 16 heavy (non-hydrogen) atoms. The molecule has 0 N–H and O–H groups in total. The largest absolute Gasteiger partial charge is 0.444 e. The lowest BCUT2D eigenvalue weighted by atomic mass is 10.2. The molecule has 1 amide bonds. The standard InChI is InChI=1S/C11H15F2NO2/c1-5-8-6-11(12,13)7-14(8)9(15)16-10(2,3)4/h1,8H,6-7H2,2-4H3. The van der Waals surface area contributed by atoms with Crippen molar-refractivity contribution in [1.82, 2.24) is 4.90 Å². The lowest BCUT2D eigenvalue weighted by Crippen LogP contribution is -2.40. The molecule has 0 aromatic rings. The molecule has 1 unspecified atom stereocenters. The molecule has 1 atom stereocenters. The number of halogens is 2. The van der Waals surface area contributed by atoms with Gasteiger partial charge in [-0.25, -0.2) is 13.6 Å². The van der Waals surface area contributed by atoms with Crippen LogP contribution in [-0.4, -0.2) is 35.1 Å². The number of hydrogen-bond acceptors (Lipinski definition) is 2. The van der Waals surface area contributed by atoms with Crippen LogP contribution in [0.1, 0.15) is 27.2 Å². The van der Waals surface area contributed by atoms with Crippen LogP contribution in [0, 0.1) is 12.3 Å². The van der Waals surface area contributed by atoms with E-state index in [1.165, 1.54) is 0 Å². The number of nitrogens with zero attached hydrogens (tertiary/aromatic N) is 1. The van der Waals surface area contributed by atoms with Gasteiger partial charge in [0.15, 0.2) is 0 Å². The normalized spacial score (nSPS) is 24.0. The third kappa shape index (κ3) is 3.09. The van der Waals surface area contributed by atoms with Crippen LogP contribution in [-0.2, 0) is 4.74 Å². The van der Waals surface area contributed by atoms with Gasteiger partial charge >= 0.3 is 6.09 Å². The van der Waals surface area contributed by atoms with Crippen LogP contribution in [0.2, 0.25) is 0 Å². The monoisotopic (exact) mass is 231 g/mol. The first-order valence-corrected chi connectivity index (χ1v) is 4.98. The minimum Gasteiger partial charge on any atom is -0.444 e. The van der Waals surface area contributed by atoms with Gasteiger partial charge in [-0.15, -0.1) is 6.42 Å². The van der Waals surface area contributed by atoms with Crippen LogP contribution in [0.25, 0.3) is 0 Å². The summed E-state index contributed by atoms with van der Waals surface area (Å²) in [5.74, 6) is -0.741. The maximum Gasteiger partial charge on any atom is 0.411 e. The Balaban J connectivity index is 2.74. The van der Waals surface area contributed by atoms with Gasteiger partial charge < -0.3 is 4.74 Å². The average molecular weight is 231 g/mol. The number of alkyl halides is 2. The van der Waals surface area contributed by atoms with Crippen LogP contribution in [0.15, 0.2) is 0 Å². The second kappa shape index (κ2) is 3.93. The first-order chi connectivity index (χ1) is 7.14.